The van der Waals surface area contributed by atoms with Crippen LogP contribution in [-0.4, -0.2) is 49.0 Å². The summed E-state index contributed by atoms with van der Waals surface area (Å²) in [6.07, 6.45) is -1.07. The standard InChI is InChI=1S/C26H28FNO3/c27-23-13-7-12-22(16-23)25-18-28(14-15-30-25)17-24(29)19-31-26(20-8-3-1-4-9-20)21-10-5-2-6-11-21/h1-13,16,24-26,29H,14-15,17-19H2. The molecule has 1 N–H and O–H groups in total. The highest BCUT2D eigenvalue weighted by Crippen LogP contribution is 2.26. The summed E-state index contributed by atoms with van der Waals surface area (Å²) < 4.78 is 25.6. The maximum atomic E-state index is 13.6. The first kappa shape index (κ1) is 21.7. The van der Waals surface area contributed by atoms with Gasteiger partial charge in [-0.25, -0.2) is 4.39 Å². The van der Waals surface area contributed by atoms with Crippen LogP contribution in [0.15, 0.2) is 84.9 Å². The van der Waals surface area contributed by atoms with E-state index in [0.29, 0.717) is 19.7 Å². The molecule has 3 aromatic rings. The molecule has 0 spiro atoms. The molecule has 1 heterocycles. The summed E-state index contributed by atoms with van der Waals surface area (Å²) in [6.45, 7) is 2.58. The molecular weight excluding hydrogens is 393 g/mol. The van der Waals surface area contributed by atoms with Crippen LogP contribution in [0.25, 0.3) is 0 Å². The van der Waals surface area contributed by atoms with Crippen LogP contribution in [0.1, 0.15) is 28.9 Å². The lowest BCUT2D eigenvalue weighted by molar-refractivity contribution is -0.0575. The Morgan fingerprint density at radius 3 is 2.29 bits per heavy atom. The minimum atomic E-state index is -0.638. The molecule has 1 saturated heterocycles. The predicted molar refractivity (Wildman–Crippen MR) is 118 cm³/mol. The van der Waals surface area contributed by atoms with Crippen molar-refractivity contribution >= 4 is 0 Å². The lowest BCUT2D eigenvalue weighted by Crippen LogP contribution is -2.43. The van der Waals surface area contributed by atoms with Gasteiger partial charge in [0.2, 0.25) is 0 Å². The number of hydrogen-bond donors (Lipinski definition) is 1. The maximum absolute atomic E-state index is 13.6. The van der Waals surface area contributed by atoms with E-state index in [9.17, 15) is 9.50 Å². The Morgan fingerprint density at radius 1 is 0.968 bits per heavy atom. The summed E-state index contributed by atoms with van der Waals surface area (Å²) >= 11 is 0. The van der Waals surface area contributed by atoms with Gasteiger partial charge in [-0.15, -0.1) is 0 Å². The van der Waals surface area contributed by atoms with Crippen molar-refractivity contribution in [3.63, 3.8) is 0 Å². The van der Waals surface area contributed by atoms with E-state index < -0.39 is 6.10 Å². The molecule has 0 saturated carbocycles. The van der Waals surface area contributed by atoms with Gasteiger partial charge in [-0.2, -0.15) is 0 Å². The van der Waals surface area contributed by atoms with E-state index in [4.69, 9.17) is 9.47 Å². The summed E-state index contributed by atoms with van der Waals surface area (Å²) in [4.78, 5) is 2.15. The average Bonchev–Trinajstić information content (AvgIpc) is 2.81. The molecule has 162 valence electrons. The van der Waals surface area contributed by atoms with E-state index >= 15 is 0 Å². The number of aliphatic hydroxyl groups excluding tert-OH is 1. The average molecular weight is 422 g/mol. The molecule has 0 bridgehead atoms. The fraction of sp³-hybridized carbons (Fsp3) is 0.308. The van der Waals surface area contributed by atoms with E-state index in [-0.39, 0.29) is 24.6 Å². The molecule has 2 atom stereocenters. The highest BCUT2D eigenvalue weighted by atomic mass is 19.1. The van der Waals surface area contributed by atoms with E-state index in [1.807, 2.05) is 66.7 Å². The third-order valence-electron chi connectivity index (χ3n) is 5.50. The van der Waals surface area contributed by atoms with Gasteiger partial charge in [0.1, 0.15) is 11.9 Å². The van der Waals surface area contributed by atoms with E-state index in [0.717, 1.165) is 23.2 Å². The topological polar surface area (TPSA) is 41.9 Å². The quantitative estimate of drug-likeness (QED) is 0.587. The Hall–Kier alpha value is -2.57. The molecule has 31 heavy (non-hydrogen) atoms. The first-order chi connectivity index (χ1) is 15.2. The van der Waals surface area contributed by atoms with Gasteiger partial charge in [0, 0.05) is 19.6 Å². The minimum Gasteiger partial charge on any atom is -0.389 e. The fourth-order valence-electron chi connectivity index (χ4n) is 3.98. The summed E-state index contributed by atoms with van der Waals surface area (Å²) in [5.41, 5.74) is 2.93. The summed E-state index contributed by atoms with van der Waals surface area (Å²) in [5, 5.41) is 10.7. The SMILES string of the molecule is OC(COC(c1ccccc1)c1ccccc1)CN1CCOC(c2cccc(F)c2)C1. The molecule has 2 unspecified atom stereocenters. The Morgan fingerprint density at radius 2 is 1.65 bits per heavy atom. The van der Waals surface area contributed by atoms with Crippen molar-refractivity contribution in [2.75, 3.05) is 32.8 Å². The lowest BCUT2D eigenvalue weighted by Gasteiger charge is -2.34. The summed E-state index contributed by atoms with van der Waals surface area (Å²) in [6, 6.07) is 26.6. The van der Waals surface area contributed by atoms with Gasteiger partial charge in [0.05, 0.1) is 25.4 Å². The molecule has 0 amide bonds. The van der Waals surface area contributed by atoms with Crippen molar-refractivity contribution in [3.8, 4) is 0 Å². The number of aliphatic hydroxyl groups is 1. The van der Waals surface area contributed by atoms with Crippen LogP contribution in [0.4, 0.5) is 4.39 Å². The van der Waals surface area contributed by atoms with Crippen LogP contribution in [0, 0.1) is 5.82 Å². The monoisotopic (exact) mass is 421 g/mol. The minimum absolute atomic E-state index is 0.195. The number of ether oxygens (including phenoxy) is 2. The van der Waals surface area contributed by atoms with Crippen LogP contribution < -0.4 is 0 Å². The molecular formula is C26H28FNO3. The van der Waals surface area contributed by atoms with Gasteiger partial charge in [0.25, 0.3) is 0 Å². The second kappa shape index (κ2) is 10.6. The zero-order valence-electron chi connectivity index (χ0n) is 17.4. The first-order valence-corrected chi connectivity index (χ1v) is 10.7. The molecule has 4 rings (SSSR count). The molecule has 0 radical (unpaired) electrons. The maximum Gasteiger partial charge on any atom is 0.123 e. The zero-order chi connectivity index (χ0) is 21.5. The molecule has 1 aliphatic heterocycles. The second-order valence-corrected chi connectivity index (χ2v) is 7.86. The van der Waals surface area contributed by atoms with Crippen molar-refractivity contribution in [2.45, 2.75) is 18.3 Å². The highest BCUT2D eigenvalue weighted by molar-refractivity contribution is 5.29. The van der Waals surface area contributed by atoms with Crippen molar-refractivity contribution in [1.82, 2.24) is 4.90 Å². The summed E-state index contributed by atoms with van der Waals surface area (Å²) in [7, 11) is 0. The smallest absolute Gasteiger partial charge is 0.123 e. The number of halogens is 1. The van der Waals surface area contributed by atoms with Crippen molar-refractivity contribution < 1.29 is 19.0 Å². The van der Waals surface area contributed by atoms with Gasteiger partial charge in [-0.05, 0) is 28.8 Å². The van der Waals surface area contributed by atoms with Crippen molar-refractivity contribution in [3.05, 3.63) is 107 Å². The number of nitrogens with zero attached hydrogens (tertiary/aromatic N) is 1. The van der Waals surface area contributed by atoms with Gasteiger partial charge in [0.15, 0.2) is 0 Å². The Labute approximate surface area is 182 Å². The van der Waals surface area contributed by atoms with Crippen LogP contribution in [0.3, 0.4) is 0 Å². The van der Waals surface area contributed by atoms with E-state index in [1.54, 1.807) is 6.07 Å². The number of morpholine rings is 1. The molecule has 0 aromatic heterocycles. The van der Waals surface area contributed by atoms with E-state index in [2.05, 4.69) is 4.90 Å². The van der Waals surface area contributed by atoms with Gasteiger partial charge in [-0.1, -0.05) is 72.8 Å². The van der Waals surface area contributed by atoms with Crippen molar-refractivity contribution in [2.24, 2.45) is 0 Å². The van der Waals surface area contributed by atoms with Crippen LogP contribution in [0.2, 0.25) is 0 Å². The van der Waals surface area contributed by atoms with Gasteiger partial charge >= 0.3 is 0 Å². The van der Waals surface area contributed by atoms with Crippen LogP contribution in [0.5, 0.6) is 0 Å². The second-order valence-electron chi connectivity index (χ2n) is 7.86. The van der Waals surface area contributed by atoms with Crippen LogP contribution in [-0.2, 0) is 9.47 Å². The van der Waals surface area contributed by atoms with Gasteiger partial charge < -0.3 is 14.6 Å². The van der Waals surface area contributed by atoms with Gasteiger partial charge in [-0.3, -0.25) is 4.90 Å². The molecule has 1 aliphatic rings. The molecule has 3 aromatic carbocycles. The normalized spacial score (nSPS) is 18.2. The lowest BCUT2D eigenvalue weighted by atomic mass is 10.0. The Bertz CT molecular complexity index is 898. The van der Waals surface area contributed by atoms with Crippen molar-refractivity contribution in [1.29, 1.82) is 0 Å². The number of rotatable bonds is 8. The Balaban J connectivity index is 1.35. The molecule has 5 heteroatoms. The Kier molecular flexibility index (Phi) is 7.43. The third-order valence-corrected chi connectivity index (χ3v) is 5.50. The van der Waals surface area contributed by atoms with E-state index in [1.165, 1.54) is 12.1 Å². The molecule has 0 aliphatic carbocycles. The first-order valence-electron chi connectivity index (χ1n) is 10.7. The van der Waals surface area contributed by atoms with Crippen LogP contribution >= 0.6 is 0 Å². The molecule has 4 nitrogen and oxygen atoms in total. The largest absolute Gasteiger partial charge is 0.389 e. The predicted octanol–water partition coefficient (Wildman–Crippen LogP) is 4.37. The summed E-state index contributed by atoms with van der Waals surface area (Å²) in [5.74, 6) is -0.264. The number of β-amino-alcohol motifs (C(OH)–C–C–N with tert-alkyl or cyclic N) is 1. The third kappa shape index (κ3) is 5.99. The number of benzene rings is 3. The fourth-order valence-corrected chi connectivity index (χ4v) is 3.98. The molecule has 1 fully saturated rings. The highest BCUT2D eigenvalue weighted by Gasteiger charge is 2.25. The number of hydrogen-bond acceptors (Lipinski definition) is 4. The zero-order valence-corrected chi connectivity index (χ0v) is 17.4.